The number of carboxylic acid groups (broad SMARTS) is 2. The summed E-state index contributed by atoms with van der Waals surface area (Å²) in [6.07, 6.45) is 0.751. The summed E-state index contributed by atoms with van der Waals surface area (Å²) < 4.78 is 17.7. The second-order valence-electron chi connectivity index (χ2n) is 6.87. The summed E-state index contributed by atoms with van der Waals surface area (Å²) in [5.74, 6) is -1.10. The molecule has 172 valence electrons. The number of hydrogen-bond donors (Lipinski definition) is 3. The highest BCUT2D eigenvalue weighted by Crippen LogP contribution is 2.34. The van der Waals surface area contributed by atoms with E-state index in [1.165, 1.54) is 0 Å². The number of methoxy groups -OCH3 is 1. The molecule has 2 atom stereocenters. The Morgan fingerprint density at radius 1 is 1.16 bits per heavy atom. The van der Waals surface area contributed by atoms with Gasteiger partial charge in [-0.3, -0.25) is 0 Å². The highest BCUT2D eigenvalue weighted by Gasteiger charge is 2.29. The van der Waals surface area contributed by atoms with E-state index in [1.54, 1.807) is 7.11 Å². The minimum Gasteiger partial charge on any atom is -0.493 e. The van der Waals surface area contributed by atoms with Crippen LogP contribution in [0.2, 0.25) is 5.02 Å². The molecule has 32 heavy (non-hydrogen) atoms. The maximum absolute atomic E-state index is 9.55. The van der Waals surface area contributed by atoms with Crippen molar-refractivity contribution < 1.29 is 34.0 Å². The van der Waals surface area contributed by atoms with Crippen LogP contribution in [0.3, 0.4) is 0 Å². The number of rotatable bonds is 7. The summed E-state index contributed by atoms with van der Waals surface area (Å²) in [5, 5.41) is 19.7. The van der Waals surface area contributed by atoms with Crippen molar-refractivity contribution in [1.82, 2.24) is 5.32 Å². The molecule has 1 aliphatic rings. The van der Waals surface area contributed by atoms with Crippen LogP contribution in [0.15, 0.2) is 54.6 Å². The lowest BCUT2D eigenvalue weighted by molar-refractivity contribution is -0.134. The van der Waals surface area contributed by atoms with Crippen LogP contribution in [0.5, 0.6) is 11.5 Å². The normalized spacial score (nSPS) is 16.5. The smallest absolute Gasteiger partial charge is 0.328 e. The molecule has 0 bridgehead atoms. The predicted octanol–water partition coefficient (Wildman–Crippen LogP) is 3.48. The zero-order chi connectivity index (χ0) is 23.5. The highest BCUT2D eigenvalue weighted by molar-refractivity contribution is 6.30. The molecule has 0 spiro atoms. The minimum absolute atomic E-state index is 0.0942. The molecule has 1 fully saturated rings. The van der Waals surface area contributed by atoms with Crippen LogP contribution in [-0.2, 0) is 14.3 Å². The molecule has 8 nitrogen and oxygen atoms in total. The Labute approximate surface area is 191 Å². The van der Waals surface area contributed by atoms with Crippen molar-refractivity contribution in [2.24, 2.45) is 0 Å². The van der Waals surface area contributed by atoms with Gasteiger partial charge in [0.2, 0.25) is 0 Å². The van der Waals surface area contributed by atoms with E-state index >= 15 is 0 Å². The number of aryl methyl sites for hydroxylation is 1. The Bertz CT molecular complexity index is 926. The standard InChI is InChI=1S/C19H22ClNO3.C4H4O4/c1-13-6-7-16(17(10-13)22-2)24-19(18-12-21-8-9-23-18)14-4-3-5-15(20)11-14;5-3(6)1-2-4(7)8/h3-7,10-11,18-19,21H,8-9,12H2,1-2H3;1-2H,(H,5,6)(H,7,8)/b;2-1+/t18-,19-;/m0./s1. The average Bonchev–Trinajstić information content (AvgIpc) is 2.77. The van der Waals surface area contributed by atoms with Crippen molar-refractivity contribution in [3.63, 3.8) is 0 Å². The van der Waals surface area contributed by atoms with Crippen molar-refractivity contribution in [3.05, 3.63) is 70.8 Å². The second kappa shape index (κ2) is 12.7. The lowest BCUT2D eigenvalue weighted by atomic mass is 10.0. The Balaban J connectivity index is 0.000000390. The number of carbonyl (C=O) groups is 2. The topological polar surface area (TPSA) is 114 Å². The summed E-state index contributed by atoms with van der Waals surface area (Å²) in [6, 6.07) is 13.6. The highest BCUT2D eigenvalue weighted by atomic mass is 35.5. The third kappa shape index (κ3) is 8.22. The molecule has 2 aromatic carbocycles. The minimum atomic E-state index is -1.26. The van der Waals surface area contributed by atoms with Crippen molar-refractivity contribution in [3.8, 4) is 11.5 Å². The van der Waals surface area contributed by atoms with Gasteiger partial charge in [0.15, 0.2) is 17.6 Å². The Morgan fingerprint density at radius 3 is 2.44 bits per heavy atom. The van der Waals surface area contributed by atoms with E-state index in [0.29, 0.717) is 35.3 Å². The quantitative estimate of drug-likeness (QED) is 0.535. The molecule has 0 radical (unpaired) electrons. The number of nitrogens with one attached hydrogen (secondary N) is 1. The van der Waals surface area contributed by atoms with Crippen LogP contribution < -0.4 is 14.8 Å². The van der Waals surface area contributed by atoms with Gasteiger partial charge in [-0.25, -0.2) is 9.59 Å². The number of halogens is 1. The fourth-order valence-electron chi connectivity index (χ4n) is 2.97. The maximum Gasteiger partial charge on any atom is 0.328 e. The van der Waals surface area contributed by atoms with E-state index in [0.717, 1.165) is 24.2 Å². The van der Waals surface area contributed by atoms with Crippen LogP contribution in [-0.4, -0.2) is 55.1 Å². The van der Waals surface area contributed by atoms with E-state index in [4.69, 9.17) is 36.0 Å². The maximum atomic E-state index is 9.55. The number of carboxylic acids is 2. The number of benzene rings is 2. The Hall–Kier alpha value is -3.07. The van der Waals surface area contributed by atoms with Crippen LogP contribution in [0, 0.1) is 6.92 Å². The zero-order valence-corrected chi connectivity index (χ0v) is 18.5. The molecule has 1 heterocycles. The first kappa shape index (κ1) is 25.2. The molecule has 0 unspecified atom stereocenters. The first-order valence-electron chi connectivity index (χ1n) is 9.83. The third-order valence-electron chi connectivity index (χ3n) is 4.41. The lowest BCUT2D eigenvalue weighted by Crippen LogP contribution is -2.43. The molecular weight excluding hydrogens is 438 g/mol. The van der Waals surface area contributed by atoms with Crippen LogP contribution in [0.25, 0.3) is 0 Å². The van der Waals surface area contributed by atoms with Gasteiger partial charge in [-0.15, -0.1) is 0 Å². The van der Waals surface area contributed by atoms with Gasteiger partial charge in [0.1, 0.15) is 6.10 Å². The van der Waals surface area contributed by atoms with Crippen molar-refractivity contribution in [2.75, 3.05) is 26.8 Å². The largest absolute Gasteiger partial charge is 0.493 e. The Morgan fingerprint density at radius 2 is 1.88 bits per heavy atom. The molecule has 1 aliphatic heterocycles. The van der Waals surface area contributed by atoms with E-state index in [1.807, 2.05) is 49.4 Å². The number of aliphatic carboxylic acids is 2. The van der Waals surface area contributed by atoms with Gasteiger partial charge in [-0.2, -0.15) is 0 Å². The number of hydrogen-bond acceptors (Lipinski definition) is 6. The first-order chi connectivity index (χ1) is 15.3. The van der Waals surface area contributed by atoms with Crippen LogP contribution >= 0.6 is 11.6 Å². The summed E-state index contributed by atoms with van der Waals surface area (Å²) in [6.45, 7) is 4.27. The number of morpholine rings is 1. The monoisotopic (exact) mass is 463 g/mol. The first-order valence-corrected chi connectivity index (χ1v) is 10.2. The van der Waals surface area contributed by atoms with Gasteiger partial charge < -0.3 is 29.7 Å². The van der Waals surface area contributed by atoms with Crippen molar-refractivity contribution in [2.45, 2.75) is 19.1 Å². The Kier molecular flexibility index (Phi) is 10.0. The van der Waals surface area contributed by atoms with E-state index in [-0.39, 0.29) is 12.2 Å². The molecule has 0 saturated carbocycles. The molecule has 0 aromatic heterocycles. The molecule has 0 aliphatic carbocycles. The molecule has 1 saturated heterocycles. The number of ether oxygens (including phenoxy) is 3. The summed E-state index contributed by atoms with van der Waals surface area (Å²) in [7, 11) is 1.65. The molecule has 0 amide bonds. The van der Waals surface area contributed by atoms with Gasteiger partial charge >= 0.3 is 11.9 Å². The molecule has 3 rings (SSSR count). The molecule has 3 N–H and O–H groups in total. The SMILES string of the molecule is COc1cc(C)ccc1O[C@@H](c1cccc(Cl)c1)[C@@H]1CNCCO1.O=C(O)/C=C/C(=O)O. The second-order valence-corrected chi connectivity index (χ2v) is 7.31. The van der Waals surface area contributed by atoms with Gasteiger partial charge in [-0.05, 0) is 42.3 Å². The molecule has 9 heteroatoms. The summed E-state index contributed by atoms with van der Waals surface area (Å²) in [5.41, 5.74) is 2.10. The average molecular weight is 464 g/mol. The van der Waals surface area contributed by atoms with Crippen LogP contribution in [0.4, 0.5) is 0 Å². The van der Waals surface area contributed by atoms with Gasteiger partial charge in [0.25, 0.3) is 0 Å². The fourth-order valence-corrected chi connectivity index (χ4v) is 3.17. The lowest BCUT2D eigenvalue weighted by Gasteiger charge is -2.32. The van der Waals surface area contributed by atoms with E-state index in [9.17, 15) is 9.59 Å². The summed E-state index contributed by atoms with van der Waals surface area (Å²) in [4.78, 5) is 19.1. The van der Waals surface area contributed by atoms with Gasteiger partial charge in [-0.1, -0.05) is 29.8 Å². The fraction of sp³-hybridized carbons (Fsp3) is 0.304. The van der Waals surface area contributed by atoms with E-state index < -0.39 is 11.9 Å². The van der Waals surface area contributed by atoms with E-state index in [2.05, 4.69) is 5.32 Å². The summed E-state index contributed by atoms with van der Waals surface area (Å²) >= 11 is 6.17. The zero-order valence-electron chi connectivity index (χ0n) is 17.8. The molecule has 2 aromatic rings. The third-order valence-corrected chi connectivity index (χ3v) is 4.65. The van der Waals surface area contributed by atoms with Crippen molar-refractivity contribution in [1.29, 1.82) is 0 Å². The van der Waals surface area contributed by atoms with Gasteiger partial charge in [0, 0.05) is 30.3 Å². The predicted molar refractivity (Wildman–Crippen MR) is 120 cm³/mol. The molecular formula is C23H26ClNO7. The van der Waals surface area contributed by atoms with Crippen LogP contribution in [0.1, 0.15) is 17.2 Å². The van der Waals surface area contributed by atoms with Crippen molar-refractivity contribution >= 4 is 23.5 Å². The van der Waals surface area contributed by atoms with Gasteiger partial charge in [0.05, 0.1) is 13.7 Å².